The monoisotopic (exact) mass is 329 g/mol. The summed E-state index contributed by atoms with van der Waals surface area (Å²) in [6.07, 6.45) is 0. The Hall–Kier alpha value is -1.11. The molecule has 0 unspecified atom stereocenters. The van der Waals surface area contributed by atoms with Crippen LogP contribution in [-0.4, -0.2) is 8.42 Å². The van der Waals surface area contributed by atoms with Crippen LogP contribution in [0.25, 0.3) is 0 Å². The summed E-state index contributed by atoms with van der Waals surface area (Å²) < 4.78 is 32.4. The van der Waals surface area contributed by atoms with Gasteiger partial charge in [0.2, 0.25) is 10.0 Å². The topological polar surface area (TPSA) is 59.3 Å². The first-order valence-electron chi connectivity index (χ1n) is 5.28. The van der Waals surface area contributed by atoms with Gasteiger partial charge in [0, 0.05) is 4.47 Å². The molecule has 2 aromatic rings. The molecule has 4 nitrogen and oxygen atoms in total. The molecule has 0 saturated heterocycles. The zero-order valence-electron chi connectivity index (χ0n) is 9.68. The summed E-state index contributed by atoms with van der Waals surface area (Å²) in [5.74, 6) is 1.34. The van der Waals surface area contributed by atoms with Crippen molar-refractivity contribution in [3.8, 4) is 0 Å². The number of benzene rings is 1. The van der Waals surface area contributed by atoms with Crippen molar-refractivity contribution in [3.63, 3.8) is 0 Å². The van der Waals surface area contributed by atoms with Crippen LogP contribution in [0.2, 0.25) is 0 Å². The molecular weight excluding hydrogens is 318 g/mol. The highest BCUT2D eigenvalue weighted by atomic mass is 79.9. The zero-order valence-corrected chi connectivity index (χ0v) is 12.1. The number of hydrogen-bond acceptors (Lipinski definition) is 3. The summed E-state index contributed by atoms with van der Waals surface area (Å²) in [4.78, 5) is 0.216. The third-order valence-corrected chi connectivity index (χ3v) is 4.77. The molecule has 0 saturated carbocycles. The van der Waals surface area contributed by atoms with Gasteiger partial charge in [-0.25, -0.2) is 13.1 Å². The fourth-order valence-electron chi connectivity index (χ4n) is 1.49. The van der Waals surface area contributed by atoms with Crippen LogP contribution in [0.4, 0.5) is 0 Å². The molecule has 0 bridgehead atoms. The lowest BCUT2D eigenvalue weighted by Crippen LogP contribution is -2.23. The maximum absolute atomic E-state index is 12.1. The van der Waals surface area contributed by atoms with Crippen LogP contribution in [0.15, 0.2) is 50.2 Å². The van der Waals surface area contributed by atoms with Crippen molar-refractivity contribution in [2.45, 2.75) is 18.4 Å². The largest absolute Gasteiger partial charge is 0.465 e. The average molecular weight is 330 g/mol. The summed E-state index contributed by atoms with van der Waals surface area (Å²) in [5, 5.41) is 0. The average Bonchev–Trinajstić information content (AvgIpc) is 2.73. The Morgan fingerprint density at radius 1 is 1.22 bits per heavy atom. The maximum Gasteiger partial charge on any atom is 0.242 e. The highest BCUT2D eigenvalue weighted by molar-refractivity contribution is 9.10. The Balaban J connectivity index is 2.16. The Morgan fingerprint density at radius 2 is 1.94 bits per heavy atom. The van der Waals surface area contributed by atoms with E-state index in [1.165, 1.54) is 0 Å². The molecule has 0 aliphatic heterocycles. The Bertz CT molecular complexity index is 649. The highest BCUT2D eigenvalue weighted by Crippen LogP contribution is 2.21. The number of halogens is 1. The predicted molar refractivity (Wildman–Crippen MR) is 71.6 cm³/mol. The van der Waals surface area contributed by atoms with Crippen LogP contribution in [0.1, 0.15) is 11.5 Å². The first-order valence-corrected chi connectivity index (χ1v) is 7.56. The lowest BCUT2D eigenvalue weighted by Gasteiger charge is -2.06. The van der Waals surface area contributed by atoms with Gasteiger partial charge in [-0.3, -0.25) is 0 Å². The number of nitrogens with one attached hydrogen (secondary N) is 1. The molecule has 0 aliphatic carbocycles. The number of aryl methyl sites for hydroxylation is 1. The van der Waals surface area contributed by atoms with E-state index in [2.05, 4.69) is 20.7 Å². The van der Waals surface area contributed by atoms with Gasteiger partial charge in [0.05, 0.1) is 11.4 Å². The molecule has 1 aromatic carbocycles. The summed E-state index contributed by atoms with van der Waals surface area (Å²) in [6, 6.07) is 10.2. The van der Waals surface area contributed by atoms with E-state index in [-0.39, 0.29) is 11.4 Å². The smallest absolute Gasteiger partial charge is 0.242 e. The summed E-state index contributed by atoms with van der Waals surface area (Å²) >= 11 is 3.22. The lowest BCUT2D eigenvalue weighted by atomic mass is 10.4. The van der Waals surface area contributed by atoms with Crippen LogP contribution in [0.3, 0.4) is 0 Å². The molecule has 0 spiro atoms. The quantitative estimate of drug-likeness (QED) is 0.938. The van der Waals surface area contributed by atoms with Crippen LogP contribution in [-0.2, 0) is 16.6 Å². The third-order valence-electron chi connectivity index (χ3n) is 2.36. The van der Waals surface area contributed by atoms with Crippen molar-refractivity contribution < 1.29 is 12.8 Å². The van der Waals surface area contributed by atoms with Crippen LogP contribution in [0.5, 0.6) is 0 Å². The predicted octanol–water partition coefficient (Wildman–Crippen LogP) is 2.83. The van der Waals surface area contributed by atoms with E-state index in [4.69, 9.17) is 4.42 Å². The van der Waals surface area contributed by atoms with Gasteiger partial charge in [0.25, 0.3) is 0 Å². The standard InChI is InChI=1S/C12H12BrNO3S/c1-9-6-7-10(17-9)8-14-18(15,16)12-5-3-2-4-11(12)13/h2-7,14H,8H2,1H3. The van der Waals surface area contributed by atoms with Crippen LogP contribution >= 0.6 is 15.9 Å². The molecule has 0 atom stereocenters. The Morgan fingerprint density at radius 3 is 2.56 bits per heavy atom. The van der Waals surface area contributed by atoms with Crippen molar-refractivity contribution in [1.82, 2.24) is 4.72 Å². The third kappa shape index (κ3) is 3.01. The second kappa shape index (κ2) is 5.26. The van der Waals surface area contributed by atoms with Gasteiger partial charge in [-0.15, -0.1) is 0 Å². The molecule has 18 heavy (non-hydrogen) atoms. The second-order valence-electron chi connectivity index (χ2n) is 3.77. The molecule has 0 fully saturated rings. The fourth-order valence-corrected chi connectivity index (χ4v) is 3.48. The second-order valence-corrected chi connectivity index (χ2v) is 6.36. The zero-order chi connectivity index (χ0) is 13.2. The van der Waals surface area contributed by atoms with Crippen molar-refractivity contribution in [2.75, 3.05) is 0 Å². The van der Waals surface area contributed by atoms with Gasteiger partial charge < -0.3 is 4.42 Å². The van der Waals surface area contributed by atoms with Gasteiger partial charge in [-0.1, -0.05) is 12.1 Å². The fraction of sp³-hybridized carbons (Fsp3) is 0.167. The Labute approximate surface area is 114 Å². The van der Waals surface area contributed by atoms with Gasteiger partial charge >= 0.3 is 0 Å². The molecule has 0 radical (unpaired) electrons. The molecule has 96 valence electrons. The summed E-state index contributed by atoms with van der Waals surface area (Å²) in [7, 11) is -3.54. The highest BCUT2D eigenvalue weighted by Gasteiger charge is 2.17. The molecule has 2 rings (SSSR count). The van der Waals surface area contributed by atoms with Gasteiger partial charge in [0.1, 0.15) is 11.5 Å². The minimum Gasteiger partial charge on any atom is -0.465 e. The van der Waals surface area contributed by atoms with E-state index in [1.807, 2.05) is 6.92 Å². The normalized spacial score (nSPS) is 11.7. The molecule has 1 N–H and O–H groups in total. The molecule has 1 aromatic heterocycles. The molecule has 0 aliphatic rings. The summed E-state index contributed by atoms with van der Waals surface area (Å²) in [5.41, 5.74) is 0. The number of sulfonamides is 1. The van der Waals surface area contributed by atoms with Gasteiger partial charge in [0.15, 0.2) is 0 Å². The molecule has 1 heterocycles. The molecular formula is C12H12BrNO3S. The van der Waals surface area contributed by atoms with Crippen molar-refractivity contribution in [3.05, 3.63) is 52.4 Å². The first kappa shape index (κ1) is 13.3. The maximum atomic E-state index is 12.1. The number of furan rings is 1. The van der Waals surface area contributed by atoms with Crippen molar-refractivity contribution in [2.24, 2.45) is 0 Å². The van der Waals surface area contributed by atoms with Crippen molar-refractivity contribution >= 4 is 26.0 Å². The lowest BCUT2D eigenvalue weighted by molar-refractivity contribution is 0.475. The van der Waals surface area contributed by atoms with E-state index in [0.29, 0.717) is 10.2 Å². The van der Waals surface area contributed by atoms with Crippen molar-refractivity contribution in [1.29, 1.82) is 0 Å². The number of rotatable bonds is 4. The van der Waals surface area contributed by atoms with E-state index >= 15 is 0 Å². The van der Waals surface area contributed by atoms with E-state index in [0.717, 1.165) is 5.76 Å². The minimum absolute atomic E-state index is 0.136. The minimum atomic E-state index is -3.54. The Kier molecular flexibility index (Phi) is 3.89. The van der Waals surface area contributed by atoms with Gasteiger partial charge in [-0.2, -0.15) is 0 Å². The summed E-state index contributed by atoms with van der Waals surface area (Å²) in [6.45, 7) is 1.95. The number of hydrogen-bond donors (Lipinski definition) is 1. The van der Waals surface area contributed by atoms with Crippen LogP contribution in [0, 0.1) is 6.92 Å². The SMILES string of the molecule is Cc1ccc(CNS(=O)(=O)c2ccccc2Br)o1. The first-order chi connectivity index (χ1) is 8.49. The van der Waals surface area contributed by atoms with E-state index < -0.39 is 10.0 Å². The van der Waals surface area contributed by atoms with Gasteiger partial charge in [-0.05, 0) is 47.1 Å². The molecule has 6 heteroatoms. The van der Waals surface area contributed by atoms with Crippen LogP contribution < -0.4 is 4.72 Å². The molecule has 0 amide bonds. The van der Waals surface area contributed by atoms with E-state index in [9.17, 15) is 8.42 Å². The van der Waals surface area contributed by atoms with E-state index in [1.54, 1.807) is 36.4 Å².